The van der Waals surface area contributed by atoms with Crippen LogP contribution in [0, 0.1) is 11.3 Å². The van der Waals surface area contributed by atoms with E-state index < -0.39 is 0 Å². The number of aromatic amines is 1. The number of fused-ring (bicyclic) bond motifs is 1. The van der Waals surface area contributed by atoms with Crippen molar-refractivity contribution in [1.29, 1.82) is 0 Å². The number of nitrogens with two attached hydrogens (primary N) is 1. The molecule has 1 fully saturated rings. The maximum Gasteiger partial charge on any atom is 0.215 e. The summed E-state index contributed by atoms with van der Waals surface area (Å²) in [5, 5.41) is 0. The van der Waals surface area contributed by atoms with Crippen LogP contribution in [0.4, 0.5) is 0 Å². The summed E-state index contributed by atoms with van der Waals surface area (Å²) < 4.78 is 5.17. The van der Waals surface area contributed by atoms with E-state index in [9.17, 15) is 0 Å². The first-order valence-corrected chi connectivity index (χ1v) is 7.59. The van der Waals surface area contributed by atoms with Crippen molar-refractivity contribution in [3.8, 4) is 5.88 Å². The Balaban J connectivity index is 1.99. The van der Waals surface area contributed by atoms with E-state index in [0.29, 0.717) is 17.7 Å². The van der Waals surface area contributed by atoms with Gasteiger partial charge in [-0.05, 0) is 30.2 Å². The maximum absolute atomic E-state index is 6.25. The molecule has 1 saturated carbocycles. The van der Waals surface area contributed by atoms with Gasteiger partial charge in [-0.2, -0.15) is 4.98 Å². The highest BCUT2D eigenvalue weighted by Gasteiger charge is 2.43. The minimum absolute atomic E-state index is 0.121. The molecule has 3 atom stereocenters. The minimum atomic E-state index is 0.121. The minimum Gasteiger partial charge on any atom is -0.481 e. The van der Waals surface area contributed by atoms with Crippen LogP contribution in [0.3, 0.4) is 0 Å². The third-order valence-electron chi connectivity index (χ3n) is 5.38. The second-order valence-corrected chi connectivity index (χ2v) is 6.75. The van der Waals surface area contributed by atoms with Crippen molar-refractivity contribution in [2.24, 2.45) is 17.1 Å². The average molecular weight is 288 g/mol. The summed E-state index contributed by atoms with van der Waals surface area (Å²) in [6.45, 7) is 6.84. The van der Waals surface area contributed by atoms with Gasteiger partial charge >= 0.3 is 0 Å². The lowest BCUT2D eigenvalue weighted by Crippen LogP contribution is -2.46. The molecule has 2 aromatic heterocycles. The molecule has 1 aliphatic rings. The Labute approximate surface area is 125 Å². The van der Waals surface area contributed by atoms with Crippen LogP contribution in [-0.4, -0.2) is 28.1 Å². The number of imidazole rings is 1. The van der Waals surface area contributed by atoms with Gasteiger partial charge in [-0.15, -0.1) is 0 Å². The van der Waals surface area contributed by atoms with E-state index in [-0.39, 0.29) is 11.5 Å². The van der Waals surface area contributed by atoms with Gasteiger partial charge in [0.2, 0.25) is 5.88 Å². The molecule has 114 valence electrons. The van der Waals surface area contributed by atoms with E-state index in [2.05, 4.69) is 30.7 Å². The third-order valence-corrected chi connectivity index (χ3v) is 5.38. The van der Waals surface area contributed by atoms with E-state index in [1.54, 1.807) is 7.11 Å². The highest BCUT2D eigenvalue weighted by Crippen LogP contribution is 2.49. The Bertz CT molecular complexity index is 649. The quantitative estimate of drug-likeness (QED) is 0.891. The predicted molar refractivity (Wildman–Crippen MR) is 83.3 cm³/mol. The summed E-state index contributed by atoms with van der Waals surface area (Å²) in [5.74, 6) is 2.47. The first-order valence-electron chi connectivity index (χ1n) is 7.59. The van der Waals surface area contributed by atoms with Crippen LogP contribution in [0.1, 0.15) is 45.4 Å². The molecule has 0 spiro atoms. The monoisotopic (exact) mass is 288 g/mol. The number of aromatic nitrogens is 3. The molecule has 3 unspecified atom stereocenters. The summed E-state index contributed by atoms with van der Waals surface area (Å²) >= 11 is 0. The van der Waals surface area contributed by atoms with Gasteiger partial charge in [-0.25, -0.2) is 4.98 Å². The number of pyridine rings is 1. The van der Waals surface area contributed by atoms with Crippen LogP contribution in [-0.2, 0) is 0 Å². The number of H-pyrrole nitrogens is 1. The van der Waals surface area contributed by atoms with Gasteiger partial charge in [0.25, 0.3) is 0 Å². The zero-order chi connectivity index (χ0) is 15.2. The fourth-order valence-electron chi connectivity index (χ4n) is 3.51. The van der Waals surface area contributed by atoms with Crippen molar-refractivity contribution >= 4 is 11.2 Å². The van der Waals surface area contributed by atoms with Crippen LogP contribution < -0.4 is 10.5 Å². The number of hydrogen-bond acceptors (Lipinski definition) is 4. The van der Waals surface area contributed by atoms with Crippen LogP contribution >= 0.6 is 0 Å². The summed E-state index contributed by atoms with van der Waals surface area (Å²) in [6.07, 6.45) is 2.11. The van der Waals surface area contributed by atoms with Gasteiger partial charge in [-0.3, -0.25) is 0 Å². The fourth-order valence-corrected chi connectivity index (χ4v) is 3.51. The lowest BCUT2D eigenvalue weighted by atomic mass is 9.61. The largest absolute Gasteiger partial charge is 0.481 e. The second-order valence-electron chi connectivity index (χ2n) is 6.75. The van der Waals surface area contributed by atoms with Gasteiger partial charge in [0.05, 0.1) is 12.6 Å². The normalized spacial score (nSPS) is 28.7. The molecule has 3 N–H and O–H groups in total. The first kappa shape index (κ1) is 14.3. The van der Waals surface area contributed by atoms with Crippen molar-refractivity contribution in [2.75, 3.05) is 7.11 Å². The molecule has 0 saturated heterocycles. The van der Waals surface area contributed by atoms with E-state index in [4.69, 9.17) is 15.5 Å². The molecular weight excluding hydrogens is 264 g/mol. The average Bonchev–Trinajstić information content (AvgIpc) is 2.87. The Hall–Kier alpha value is -1.62. The number of nitrogens with one attached hydrogen (secondary N) is 1. The standard InChI is InChI=1S/C16H24N4O/c1-9-11(17)6-5-10(16(9,2)3)14-18-12-7-8-13(21-4)19-15(12)20-14/h7-11H,5-6,17H2,1-4H3,(H,18,19,20). The van der Waals surface area contributed by atoms with Crippen LogP contribution in [0.15, 0.2) is 12.1 Å². The smallest absolute Gasteiger partial charge is 0.215 e. The number of methoxy groups -OCH3 is 1. The molecule has 1 aliphatic carbocycles. The van der Waals surface area contributed by atoms with E-state index in [0.717, 1.165) is 29.8 Å². The Morgan fingerprint density at radius 2 is 2.05 bits per heavy atom. The van der Waals surface area contributed by atoms with E-state index in [1.807, 2.05) is 12.1 Å². The van der Waals surface area contributed by atoms with Gasteiger partial charge < -0.3 is 15.5 Å². The van der Waals surface area contributed by atoms with Gasteiger partial charge in [0, 0.05) is 18.0 Å². The molecule has 5 nitrogen and oxygen atoms in total. The molecule has 0 aliphatic heterocycles. The molecule has 0 bridgehead atoms. The number of nitrogens with zero attached hydrogens (tertiary/aromatic N) is 2. The number of ether oxygens (including phenoxy) is 1. The topological polar surface area (TPSA) is 76.8 Å². The van der Waals surface area contributed by atoms with Gasteiger partial charge in [0.15, 0.2) is 5.65 Å². The van der Waals surface area contributed by atoms with Gasteiger partial charge in [-0.1, -0.05) is 20.8 Å². The molecule has 3 rings (SSSR count). The van der Waals surface area contributed by atoms with Crippen molar-refractivity contribution in [3.63, 3.8) is 0 Å². The van der Waals surface area contributed by atoms with Crippen molar-refractivity contribution < 1.29 is 4.74 Å². The lowest BCUT2D eigenvalue weighted by Gasteiger charge is -2.46. The molecule has 2 heterocycles. The zero-order valence-corrected chi connectivity index (χ0v) is 13.2. The predicted octanol–water partition coefficient (Wildman–Crippen LogP) is 2.83. The highest BCUT2D eigenvalue weighted by molar-refractivity contribution is 5.71. The Morgan fingerprint density at radius 1 is 1.29 bits per heavy atom. The Morgan fingerprint density at radius 3 is 2.76 bits per heavy atom. The molecule has 2 aromatic rings. The summed E-state index contributed by atoms with van der Waals surface area (Å²) in [4.78, 5) is 12.6. The van der Waals surface area contributed by atoms with Gasteiger partial charge in [0.1, 0.15) is 5.82 Å². The van der Waals surface area contributed by atoms with Crippen molar-refractivity contribution in [2.45, 2.75) is 45.6 Å². The van der Waals surface area contributed by atoms with Crippen LogP contribution in [0.25, 0.3) is 11.2 Å². The van der Waals surface area contributed by atoms with E-state index >= 15 is 0 Å². The first-order chi connectivity index (χ1) is 9.93. The summed E-state index contributed by atoms with van der Waals surface area (Å²) in [5.41, 5.74) is 8.06. The second kappa shape index (κ2) is 4.98. The van der Waals surface area contributed by atoms with Crippen molar-refractivity contribution in [3.05, 3.63) is 18.0 Å². The molecule has 5 heteroatoms. The third kappa shape index (κ3) is 2.29. The van der Waals surface area contributed by atoms with Crippen LogP contribution in [0.5, 0.6) is 5.88 Å². The number of hydrogen-bond donors (Lipinski definition) is 2. The molecule has 0 aromatic carbocycles. The summed E-state index contributed by atoms with van der Waals surface area (Å²) in [6, 6.07) is 4.11. The lowest BCUT2D eigenvalue weighted by molar-refractivity contribution is 0.0954. The molecule has 21 heavy (non-hydrogen) atoms. The highest BCUT2D eigenvalue weighted by atomic mass is 16.5. The fraction of sp³-hybridized carbons (Fsp3) is 0.625. The van der Waals surface area contributed by atoms with E-state index in [1.165, 1.54) is 0 Å². The molecular formula is C16H24N4O. The zero-order valence-electron chi connectivity index (χ0n) is 13.2. The molecule has 0 radical (unpaired) electrons. The Kier molecular flexibility index (Phi) is 3.40. The van der Waals surface area contributed by atoms with Crippen LogP contribution in [0.2, 0.25) is 0 Å². The number of rotatable bonds is 2. The maximum atomic E-state index is 6.25. The van der Waals surface area contributed by atoms with Crippen molar-refractivity contribution in [1.82, 2.24) is 15.0 Å². The SMILES string of the molecule is COc1ccc2[nH]c(C3CCC(N)C(C)C3(C)C)nc2n1. The molecule has 0 amide bonds. The summed E-state index contributed by atoms with van der Waals surface area (Å²) in [7, 11) is 1.62.